The van der Waals surface area contributed by atoms with E-state index in [4.69, 9.17) is 9.47 Å². The van der Waals surface area contributed by atoms with Crippen LogP contribution in [0.3, 0.4) is 0 Å². The zero-order chi connectivity index (χ0) is 22.3. The summed E-state index contributed by atoms with van der Waals surface area (Å²) in [5, 5.41) is 5.23. The first-order valence-corrected chi connectivity index (χ1v) is 8.98. The Bertz CT molecular complexity index is 1020. The fourth-order valence-corrected chi connectivity index (χ4v) is 3.42. The average molecular weight is 424 g/mol. The summed E-state index contributed by atoms with van der Waals surface area (Å²) in [5.41, 5.74) is -1.93. The smallest absolute Gasteiger partial charge is 0.420 e. The number of benzene rings is 2. The SMILES string of the molecule is COc1ccc(C2=NN(C(=O)c3cccc(F)c3C(F)(F)F)CC2(C)C)cc1OC. The van der Waals surface area contributed by atoms with Gasteiger partial charge in [-0.2, -0.15) is 18.3 Å². The van der Waals surface area contributed by atoms with Crippen LogP contribution in [0, 0.1) is 11.2 Å². The van der Waals surface area contributed by atoms with Gasteiger partial charge in [0.15, 0.2) is 11.5 Å². The Morgan fingerprint density at radius 2 is 1.77 bits per heavy atom. The molecule has 1 aliphatic rings. The zero-order valence-corrected chi connectivity index (χ0v) is 16.8. The highest BCUT2D eigenvalue weighted by molar-refractivity contribution is 6.08. The van der Waals surface area contributed by atoms with Gasteiger partial charge in [0.05, 0.1) is 32.0 Å². The molecule has 2 aromatic rings. The van der Waals surface area contributed by atoms with E-state index in [1.807, 2.05) is 13.8 Å². The largest absolute Gasteiger partial charge is 0.493 e. The Morgan fingerprint density at radius 3 is 2.37 bits per heavy atom. The molecule has 0 saturated carbocycles. The van der Waals surface area contributed by atoms with Gasteiger partial charge in [-0.3, -0.25) is 4.79 Å². The van der Waals surface area contributed by atoms with Crippen molar-refractivity contribution in [3.63, 3.8) is 0 Å². The molecule has 9 heteroatoms. The summed E-state index contributed by atoms with van der Waals surface area (Å²) in [5.74, 6) is -1.58. The van der Waals surface area contributed by atoms with Gasteiger partial charge in [-0.15, -0.1) is 0 Å². The van der Waals surface area contributed by atoms with Gasteiger partial charge in [0, 0.05) is 11.0 Å². The molecule has 0 bridgehead atoms. The van der Waals surface area contributed by atoms with Crippen molar-refractivity contribution in [2.75, 3.05) is 20.8 Å². The number of hydrogen-bond donors (Lipinski definition) is 0. The molecule has 0 saturated heterocycles. The van der Waals surface area contributed by atoms with Crippen LogP contribution in [0.1, 0.15) is 35.3 Å². The molecule has 0 unspecified atom stereocenters. The van der Waals surface area contributed by atoms with Crippen LogP contribution in [-0.2, 0) is 6.18 Å². The van der Waals surface area contributed by atoms with E-state index in [9.17, 15) is 22.4 Å². The lowest BCUT2D eigenvalue weighted by Gasteiger charge is -2.22. The summed E-state index contributed by atoms with van der Waals surface area (Å²) in [6.07, 6.45) is -5.01. The van der Waals surface area contributed by atoms with E-state index >= 15 is 0 Å². The van der Waals surface area contributed by atoms with E-state index in [1.165, 1.54) is 14.2 Å². The number of carbonyl (C=O) groups is 1. The molecule has 0 aliphatic carbocycles. The number of amides is 1. The van der Waals surface area contributed by atoms with Crippen LogP contribution in [0.4, 0.5) is 17.6 Å². The minimum Gasteiger partial charge on any atom is -0.493 e. The summed E-state index contributed by atoms with van der Waals surface area (Å²) >= 11 is 0. The van der Waals surface area contributed by atoms with Crippen LogP contribution in [0.5, 0.6) is 11.5 Å². The van der Waals surface area contributed by atoms with Crippen molar-refractivity contribution < 1.29 is 31.8 Å². The molecule has 0 spiro atoms. The first kappa shape index (κ1) is 21.6. The lowest BCUT2D eigenvalue weighted by atomic mass is 9.84. The molecule has 2 aromatic carbocycles. The van der Waals surface area contributed by atoms with Crippen molar-refractivity contribution in [1.29, 1.82) is 0 Å². The Morgan fingerprint density at radius 1 is 1.10 bits per heavy atom. The topological polar surface area (TPSA) is 51.1 Å². The van der Waals surface area contributed by atoms with Gasteiger partial charge in [-0.1, -0.05) is 19.9 Å². The first-order valence-electron chi connectivity index (χ1n) is 8.98. The minimum atomic E-state index is -5.01. The van der Waals surface area contributed by atoms with Crippen LogP contribution < -0.4 is 9.47 Å². The van der Waals surface area contributed by atoms with E-state index in [0.29, 0.717) is 28.8 Å². The van der Waals surface area contributed by atoms with Crippen molar-refractivity contribution in [3.8, 4) is 11.5 Å². The number of hydrazone groups is 1. The second-order valence-corrected chi connectivity index (χ2v) is 7.43. The average Bonchev–Trinajstić information content (AvgIpc) is 3.00. The number of carbonyl (C=O) groups excluding carboxylic acids is 1. The minimum absolute atomic E-state index is 0.0311. The number of ether oxygens (including phenoxy) is 2. The molecule has 3 rings (SSSR count). The maximum atomic E-state index is 13.9. The van der Waals surface area contributed by atoms with E-state index < -0.39 is 34.4 Å². The van der Waals surface area contributed by atoms with Gasteiger partial charge in [0.2, 0.25) is 0 Å². The lowest BCUT2D eigenvalue weighted by Crippen LogP contribution is -2.32. The van der Waals surface area contributed by atoms with Gasteiger partial charge in [0.25, 0.3) is 5.91 Å². The predicted octanol–water partition coefficient (Wildman–Crippen LogP) is 4.75. The molecule has 0 aromatic heterocycles. The summed E-state index contributed by atoms with van der Waals surface area (Å²) in [6.45, 7) is 3.65. The Hall–Kier alpha value is -3.10. The summed E-state index contributed by atoms with van der Waals surface area (Å²) < 4.78 is 64.4. The molecular weight excluding hydrogens is 404 g/mol. The van der Waals surface area contributed by atoms with Crippen LogP contribution in [0.25, 0.3) is 0 Å². The van der Waals surface area contributed by atoms with Gasteiger partial charge >= 0.3 is 6.18 Å². The maximum absolute atomic E-state index is 13.9. The molecule has 1 heterocycles. The fraction of sp³-hybridized carbons (Fsp3) is 0.333. The quantitative estimate of drug-likeness (QED) is 0.666. The number of hydrogen-bond acceptors (Lipinski definition) is 4. The lowest BCUT2D eigenvalue weighted by molar-refractivity contribution is -0.140. The Kier molecular flexibility index (Phi) is 5.49. The maximum Gasteiger partial charge on any atom is 0.420 e. The molecule has 30 heavy (non-hydrogen) atoms. The van der Waals surface area contributed by atoms with Gasteiger partial charge in [-0.25, -0.2) is 9.40 Å². The molecule has 5 nitrogen and oxygen atoms in total. The van der Waals surface area contributed by atoms with Crippen molar-refractivity contribution in [1.82, 2.24) is 5.01 Å². The van der Waals surface area contributed by atoms with Crippen molar-refractivity contribution in [2.24, 2.45) is 10.5 Å². The van der Waals surface area contributed by atoms with Crippen molar-refractivity contribution >= 4 is 11.6 Å². The number of halogens is 4. The fourth-order valence-electron chi connectivity index (χ4n) is 3.42. The second kappa shape index (κ2) is 7.62. The molecule has 1 amide bonds. The second-order valence-electron chi connectivity index (χ2n) is 7.43. The molecule has 0 atom stereocenters. The highest BCUT2D eigenvalue weighted by Crippen LogP contribution is 2.38. The van der Waals surface area contributed by atoms with Crippen LogP contribution in [0.15, 0.2) is 41.5 Å². The van der Waals surface area contributed by atoms with Crippen LogP contribution >= 0.6 is 0 Å². The molecular formula is C21H20F4N2O3. The number of rotatable bonds is 4. The first-order chi connectivity index (χ1) is 14.0. The number of methoxy groups -OCH3 is 2. The monoisotopic (exact) mass is 424 g/mol. The van der Waals surface area contributed by atoms with Gasteiger partial charge in [0.1, 0.15) is 11.4 Å². The van der Waals surface area contributed by atoms with E-state index in [-0.39, 0.29) is 6.54 Å². The van der Waals surface area contributed by atoms with E-state index in [2.05, 4.69) is 5.10 Å². The number of alkyl halides is 3. The van der Waals surface area contributed by atoms with Crippen molar-refractivity contribution in [2.45, 2.75) is 20.0 Å². The Balaban J connectivity index is 2.04. The summed E-state index contributed by atoms with van der Waals surface area (Å²) in [6, 6.07) is 7.76. The van der Waals surface area contributed by atoms with Gasteiger partial charge < -0.3 is 9.47 Å². The summed E-state index contributed by atoms with van der Waals surface area (Å²) in [4.78, 5) is 12.9. The number of nitrogens with zero attached hydrogens (tertiary/aromatic N) is 2. The third-order valence-corrected chi connectivity index (χ3v) is 4.83. The Labute approximate surface area is 170 Å². The molecule has 0 radical (unpaired) electrons. The van der Waals surface area contributed by atoms with Crippen LogP contribution in [0.2, 0.25) is 0 Å². The molecule has 160 valence electrons. The third kappa shape index (κ3) is 3.83. The van der Waals surface area contributed by atoms with Crippen LogP contribution in [-0.4, -0.2) is 37.4 Å². The molecule has 0 N–H and O–H groups in total. The van der Waals surface area contributed by atoms with Gasteiger partial charge in [-0.05, 0) is 30.3 Å². The van der Waals surface area contributed by atoms with Crippen molar-refractivity contribution in [3.05, 3.63) is 58.9 Å². The predicted molar refractivity (Wildman–Crippen MR) is 102 cm³/mol. The van der Waals surface area contributed by atoms with E-state index in [0.717, 1.165) is 17.1 Å². The molecule has 0 fully saturated rings. The third-order valence-electron chi connectivity index (χ3n) is 4.83. The standard InChI is InChI=1S/C21H20F4N2O3/c1-20(2)11-27(19(28)13-6-5-7-14(22)17(13)21(23,24)25)26-18(20)12-8-9-15(29-3)16(10-12)30-4/h5-10H,11H2,1-4H3. The highest BCUT2D eigenvalue weighted by Gasteiger charge is 2.42. The molecule has 1 aliphatic heterocycles. The normalized spacial score (nSPS) is 15.7. The highest BCUT2D eigenvalue weighted by atomic mass is 19.4. The van der Waals surface area contributed by atoms with E-state index in [1.54, 1.807) is 18.2 Å². The summed E-state index contributed by atoms with van der Waals surface area (Å²) in [7, 11) is 2.97. The zero-order valence-electron chi connectivity index (χ0n) is 16.8.